The Morgan fingerprint density at radius 2 is 1.47 bits per heavy atom. The van der Waals surface area contributed by atoms with Crippen molar-refractivity contribution in [3.05, 3.63) is 90.0 Å². The van der Waals surface area contributed by atoms with Gasteiger partial charge in [-0.25, -0.2) is 4.79 Å². The van der Waals surface area contributed by atoms with Crippen molar-refractivity contribution in [3.63, 3.8) is 0 Å². The van der Waals surface area contributed by atoms with E-state index >= 15 is 0 Å². The van der Waals surface area contributed by atoms with Gasteiger partial charge in [0, 0.05) is 5.56 Å². The number of rotatable bonds is 8. The topological polar surface area (TPSA) is 94.5 Å². The molecule has 0 spiro atoms. The van der Waals surface area contributed by atoms with Gasteiger partial charge in [-0.2, -0.15) is 0 Å². The predicted molar refractivity (Wildman–Crippen MR) is 136 cm³/mol. The van der Waals surface area contributed by atoms with Crippen LogP contribution in [-0.4, -0.2) is 37.5 Å². The first-order valence-electron chi connectivity index (χ1n) is 11.1. The summed E-state index contributed by atoms with van der Waals surface area (Å²) >= 11 is 0. The third-order valence-electron chi connectivity index (χ3n) is 5.74. The maximum atomic E-state index is 11.8. The van der Waals surface area contributed by atoms with E-state index in [1.165, 1.54) is 27.4 Å². The molecule has 0 bridgehead atoms. The van der Waals surface area contributed by atoms with Gasteiger partial charge in [0.1, 0.15) is 12.4 Å². The molecule has 7 nitrogen and oxygen atoms in total. The summed E-state index contributed by atoms with van der Waals surface area (Å²) in [6.45, 7) is 0.305. The second-order valence-electron chi connectivity index (χ2n) is 7.91. The van der Waals surface area contributed by atoms with Crippen molar-refractivity contribution in [2.75, 3.05) is 21.3 Å². The zero-order valence-corrected chi connectivity index (χ0v) is 20.1. The van der Waals surface area contributed by atoms with E-state index in [1.54, 1.807) is 42.5 Å². The van der Waals surface area contributed by atoms with Crippen LogP contribution in [0.3, 0.4) is 0 Å². The lowest BCUT2D eigenvalue weighted by atomic mass is 9.95. The van der Waals surface area contributed by atoms with Crippen molar-refractivity contribution in [3.8, 4) is 51.0 Å². The van der Waals surface area contributed by atoms with Gasteiger partial charge >= 0.3 is 5.97 Å². The Balaban J connectivity index is 1.70. The van der Waals surface area contributed by atoms with Crippen molar-refractivity contribution >= 4 is 5.97 Å². The van der Waals surface area contributed by atoms with Crippen LogP contribution in [0.5, 0.6) is 28.7 Å². The maximum Gasteiger partial charge on any atom is 0.337 e. The van der Waals surface area contributed by atoms with E-state index in [2.05, 4.69) is 0 Å². The number of carbonyl (C=O) groups excluding carboxylic acids is 1. The minimum Gasteiger partial charge on any atom is -0.504 e. The minimum absolute atomic E-state index is 0.0775. The van der Waals surface area contributed by atoms with Crippen molar-refractivity contribution < 1.29 is 34.0 Å². The Labute approximate surface area is 209 Å². The summed E-state index contributed by atoms with van der Waals surface area (Å²) in [6, 6.07) is 22.9. The summed E-state index contributed by atoms with van der Waals surface area (Å²) in [5.74, 6) is 0.237. The van der Waals surface area contributed by atoms with Crippen LogP contribution in [0.4, 0.5) is 0 Å². The van der Waals surface area contributed by atoms with Crippen LogP contribution in [-0.2, 0) is 11.3 Å². The second-order valence-corrected chi connectivity index (χ2v) is 7.91. The molecule has 0 aliphatic heterocycles. The molecular formula is C29H26O7. The number of hydrogen-bond acceptors (Lipinski definition) is 7. The van der Waals surface area contributed by atoms with Crippen LogP contribution >= 0.6 is 0 Å². The summed E-state index contributed by atoms with van der Waals surface area (Å²) in [5, 5.41) is 21.8. The van der Waals surface area contributed by atoms with Gasteiger partial charge in [0.05, 0.1) is 32.5 Å². The molecule has 0 radical (unpaired) electrons. The highest BCUT2D eigenvalue weighted by Crippen LogP contribution is 2.50. The normalized spacial score (nSPS) is 10.5. The number of phenolic OH excluding ortho intramolecular Hbond substituents is 2. The molecule has 0 unspecified atom stereocenters. The molecule has 0 fully saturated rings. The molecule has 0 aliphatic rings. The number of benzene rings is 4. The fraction of sp³-hybridized carbons (Fsp3) is 0.138. The van der Waals surface area contributed by atoms with Crippen LogP contribution in [0.1, 0.15) is 15.9 Å². The van der Waals surface area contributed by atoms with Gasteiger partial charge in [-0.3, -0.25) is 0 Å². The van der Waals surface area contributed by atoms with Crippen LogP contribution in [0, 0.1) is 0 Å². The molecule has 0 saturated heterocycles. The first-order valence-corrected chi connectivity index (χ1v) is 11.1. The molecular weight excluding hydrogens is 460 g/mol. The van der Waals surface area contributed by atoms with Crippen molar-refractivity contribution in [2.45, 2.75) is 6.61 Å². The zero-order valence-electron chi connectivity index (χ0n) is 20.1. The zero-order chi connectivity index (χ0) is 25.7. The van der Waals surface area contributed by atoms with Crippen molar-refractivity contribution in [1.29, 1.82) is 0 Å². The third-order valence-corrected chi connectivity index (χ3v) is 5.74. The molecule has 0 amide bonds. The van der Waals surface area contributed by atoms with Gasteiger partial charge < -0.3 is 29.2 Å². The molecule has 4 aromatic carbocycles. The van der Waals surface area contributed by atoms with Gasteiger partial charge in [0.25, 0.3) is 0 Å². The van der Waals surface area contributed by atoms with Gasteiger partial charge in [0.15, 0.2) is 23.0 Å². The van der Waals surface area contributed by atoms with Crippen LogP contribution in [0.25, 0.3) is 22.3 Å². The molecule has 0 atom stereocenters. The molecule has 36 heavy (non-hydrogen) atoms. The maximum absolute atomic E-state index is 11.8. The number of aromatic hydroxyl groups is 2. The van der Waals surface area contributed by atoms with Gasteiger partial charge in [-0.05, 0) is 47.0 Å². The molecule has 2 N–H and O–H groups in total. The van der Waals surface area contributed by atoms with E-state index in [-0.39, 0.29) is 17.2 Å². The van der Waals surface area contributed by atoms with E-state index < -0.39 is 5.97 Å². The first kappa shape index (κ1) is 24.5. The highest BCUT2D eigenvalue weighted by molar-refractivity contribution is 5.91. The summed E-state index contributed by atoms with van der Waals surface area (Å²) < 4.78 is 21.6. The van der Waals surface area contributed by atoms with Crippen molar-refractivity contribution in [2.24, 2.45) is 0 Å². The minimum atomic E-state index is -0.444. The average Bonchev–Trinajstić information content (AvgIpc) is 2.92. The number of methoxy groups -OCH3 is 3. The van der Waals surface area contributed by atoms with E-state index in [0.717, 1.165) is 5.56 Å². The predicted octanol–water partition coefficient (Wildman–Crippen LogP) is 5.81. The lowest BCUT2D eigenvalue weighted by Crippen LogP contribution is -2.00. The van der Waals surface area contributed by atoms with Gasteiger partial charge in [-0.1, -0.05) is 48.5 Å². The number of carbonyl (C=O) groups is 1. The van der Waals surface area contributed by atoms with E-state index in [9.17, 15) is 15.0 Å². The smallest absolute Gasteiger partial charge is 0.337 e. The van der Waals surface area contributed by atoms with Crippen LogP contribution in [0.2, 0.25) is 0 Å². The molecule has 7 heteroatoms. The number of hydrogen-bond donors (Lipinski definition) is 2. The molecule has 0 heterocycles. The molecule has 4 rings (SSSR count). The average molecular weight is 487 g/mol. The fourth-order valence-corrected chi connectivity index (χ4v) is 3.92. The number of esters is 1. The summed E-state index contributed by atoms with van der Waals surface area (Å²) in [7, 11) is 4.27. The van der Waals surface area contributed by atoms with E-state index in [1.807, 2.05) is 30.3 Å². The first-order chi connectivity index (χ1) is 17.5. The highest BCUT2D eigenvalue weighted by atomic mass is 16.5. The lowest BCUT2D eigenvalue weighted by Gasteiger charge is -2.18. The molecule has 0 aliphatic carbocycles. The van der Waals surface area contributed by atoms with Gasteiger partial charge in [-0.15, -0.1) is 0 Å². The van der Waals surface area contributed by atoms with Crippen molar-refractivity contribution in [1.82, 2.24) is 0 Å². The van der Waals surface area contributed by atoms with E-state index in [4.69, 9.17) is 18.9 Å². The summed E-state index contributed by atoms with van der Waals surface area (Å²) in [4.78, 5) is 11.8. The summed E-state index contributed by atoms with van der Waals surface area (Å²) in [6.07, 6.45) is 0. The number of ether oxygens (including phenoxy) is 4. The Morgan fingerprint density at radius 1 is 0.778 bits per heavy atom. The molecule has 0 aromatic heterocycles. The molecule has 4 aromatic rings. The highest BCUT2D eigenvalue weighted by Gasteiger charge is 2.22. The molecule has 0 saturated carbocycles. The Morgan fingerprint density at radius 3 is 2.08 bits per heavy atom. The van der Waals surface area contributed by atoms with E-state index in [0.29, 0.717) is 45.9 Å². The van der Waals surface area contributed by atoms with Crippen LogP contribution < -0.4 is 14.2 Å². The Hall–Kier alpha value is -4.65. The Bertz CT molecular complexity index is 1360. The van der Waals surface area contributed by atoms with Crippen LogP contribution in [0.15, 0.2) is 78.9 Å². The third kappa shape index (κ3) is 4.90. The molecule has 184 valence electrons. The quantitative estimate of drug-likeness (QED) is 0.303. The lowest BCUT2D eigenvalue weighted by molar-refractivity contribution is 0.0600. The largest absolute Gasteiger partial charge is 0.504 e. The standard InChI is InChI=1S/C29H26O7/c1-33-25-16-22(19-9-11-20(12-10-19)29(32)35-3)28(34-2)27(31)26(25)21-13-14-24(23(30)15-21)36-17-18-7-5-4-6-8-18/h4-16,30-31H,17H2,1-3H3. The summed E-state index contributed by atoms with van der Waals surface area (Å²) in [5.41, 5.74) is 3.51. The SMILES string of the molecule is COC(=O)c1ccc(-c2cc(OC)c(-c3ccc(OCc4ccccc4)c(O)c3)c(O)c2OC)cc1. The fourth-order valence-electron chi connectivity index (χ4n) is 3.92. The Kier molecular flexibility index (Phi) is 7.30. The number of phenols is 2. The van der Waals surface area contributed by atoms with Gasteiger partial charge in [0.2, 0.25) is 0 Å². The monoisotopic (exact) mass is 486 g/mol. The second kappa shape index (κ2) is 10.7.